The van der Waals surface area contributed by atoms with Crippen molar-refractivity contribution in [3.8, 4) is 6.07 Å². The number of rotatable bonds is 4. The van der Waals surface area contributed by atoms with Gasteiger partial charge in [-0.3, -0.25) is 4.72 Å². The largest absolute Gasteiger partial charge is 0.388 e. The van der Waals surface area contributed by atoms with Crippen LogP contribution >= 0.6 is 0 Å². The Hall–Kier alpha value is -2.52. The van der Waals surface area contributed by atoms with Crippen molar-refractivity contribution in [2.75, 3.05) is 17.1 Å². The third-order valence-electron chi connectivity index (χ3n) is 2.72. The smallest absolute Gasteiger partial charge is 0.261 e. The zero-order chi connectivity index (χ0) is 14.6. The summed E-state index contributed by atoms with van der Waals surface area (Å²) in [7, 11) is -1.85. The van der Waals surface area contributed by atoms with Crippen LogP contribution in [0.4, 0.5) is 11.4 Å². The van der Waals surface area contributed by atoms with E-state index in [1.165, 1.54) is 24.3 Å². The summed E-state index contributed by atoms with van der Waals surface area (Å²) in [6.07, 6.45) is 0. The van der Waals surface area contributed by atoms with Crippen molar-refractivity contribution in [2.24, 2.45) is 0 Å². The lowest BCUT2D eigenvalue weighted by molar-refractivity contribution is 0.601. The van der Waals surface area contributed by atoms with Crippen LogP contribution in [0.2, 0.25) is 0 Å². The van der Waals surface area contributed by atoms with Gasteiger partial charge in [0.15, 0.2) is 0 Å². The Morgan fingerprint density at radius 2 is 1.50 bits per heavy atom. The van der Waals surface area contributed by atoms with E-state index >= 15 is 0 Å². The molecule has 0 aromatic heterocycles. The van der Waals surface area contributed by atoms with Gasteiger partial charge in [-0.15, -0.1) is 0 Å². The molecule has 5 nitrogen and oxygen atoms in total. The van der Waals surface area contributed by atoms with Gasteiger partial charge in [0, 0.05) is 18.4 Å². The Kier molecular flexibility index (Phi) is 3.91. The van der Waals surface area contributed by atoms with Crippen molar-refractivity contribution in [2.45, 2.75) is 4.90 Å². The third kappa shape index (κ3) is 3.08. The lowest BCUT2D eigenvalue weighted by Crippen LogP contribution is -2.12. The highest BCUT2D eigenvalue weighted by Crippen LogP contribution is 2.18. The predicted octanol–water partition coefficient (Wildman–Crippen LogP) is 2.40. The Bertz CT molecular complexity index is 729. The molecule has 0 saturated heterocycles. The van der Waals surface area contributed by atoms with E-state index in [1.54, 1.807) is 31.3 Å². The molecule has 0 atom stereocenters. The van der Waals surface area contributed by atoms with Gasteiger partial charge in [0.1, 0.15) is 0 Å². The molecule has 0 aliphatic carbocycles. The highest BCUT2D eigenvalue weighted by molar-refractivity contribution is 7.92. The molecular weight excluding hydrogens is 274 g/mol. The summed E-state index contributed by atoms with van der Waals surface area (Å²) in [5.74, 6) is 0. The molecule has 2 aromatic carbocycles. The minimum atomic E-state index is -3.64. The molecule has 0 amide bonds. The molecule has 0 saturated carbocycles. The van der Waals surface area contributed by atoms with Gasteiger partial charge in [0.2, 0.25) is 0 Å². The van der Waals surface area contributed by atoms with Gasteiger partial charge >= 0.3 is 0 Å². The summed E-state index contributed by atoms with van der Waals surface area (Å²) in [5, 5.41) is 11.6. The molecule has 0 spiro atoms. The van der Waals surface area contributed by atoms with E-state index < -0.39 is 10.0 Å². The fraction of sp³-hybridized carbons (Fsp3) is 0.0714. The van der Waals surface area contributed by atoms with Crippen molar-refractivity contribution in [3.05, 3.63) is 54.1 Å². The quantitative estimate of drug-likeness (QED) is 0.904. The van der Waals surface area contributed by atoms with E-state index in [-0.39, 0.29) is 4.90 Å². The van der Waals surface area contributed by atoms with Crippen molar-refractivity contribution in [3.63, 3.8) is 0 Å². The number of sulfonamides is 1. The molecule has 6 heteroatoms. The molecule has 0 aliphatic rings. The molecule has 0 radical (unpaired) electrons. The Balaban J connectivity index is 2.23. The summed E-state index contributed by atoms with van der Waals surface area (Å²) >= 11 is 0. The molecule has 2 rings (SSSR count). The predicted molar refractivity (Wildman–Crippen MR) is 78.0 cm³/mol. The Labute approximate surface area is 117 Å². The second-order valence-electron chi connectivity index (χ2n) is 4.07. The second-order valence-corrected chi connectivity index (χ2v) is 5.75. The number of anilines is 2. The maximum absolute atomic E-state index is 12.1. The van der Waals surface area contributed by atoms with E-state index in [4.69, 9.17) is 5.26 Å². The highest BCUT2D eigenvalue weighted by Gasteiger charge is 2.13. The number of hydrogen-bond donors (Lipinski definition) is 2. The normalized spacial score (nSPS) is 10.6. The number of nitrogens with one attached hydrogen (secondary N) is 2. The first-order valence-electron chi connectivity index (χ1n) is 5.86. The fourth-order valence-electron chi connectivity index (χ4n) is 1.63. The average Bonchev–Trinajstić information content (AvgIpc) is 2.48. The standard InChI is InChI=1S/C14H13N3O2S/c1-16-12-4-6-13(7-5-12)17-20(18,19)14-8-2-11(10-15)3-9-14/h2-9,16-17H,1H3. The fourth-order valence-corrected chi connectivity index (χ4v) is 2.69. The van der Waals surface area contributed by atoms with Gasteiger partial charge in [-0.25, -0.2) is 8.42 Å². The van der Waals surface area contributed by atoms with Crippen molar-refractivity contribution < 1.29 is 8.42 Å². The monoisotopic (exact) mass is 287 g/mol. The van der Waals surface area contributed by atoms with Gasteiger partial charge in [0.05, 0.1) is 16.5 Å². The van der Waals surface area contributed by atoms with Crippen LogP contribution in [-0.4, -0.2) is 15.5 Å². The molecule has 0 fully saturated rings. The number of nitrogens with zero attached hydrogens (tertiary/aromatic N) is 1. The Morgan fingerprint density at radius 3 is 2.00 bits per heavy atom. The summed E-state index contributed by atoms with van der Waals surface area (Å²) in [5.41, 5.74) is 1.79. The lowest BCUT2D eigenvalue weighted by atomic mass is 10.2. The van der Waals surface area contributed by atoms with Crippen LogP contribution in [0.25, 0.3) is 0 Å². The van der Waals surface area contributed by atoms with Crippen LogP contribution in [0, 0.1) is 11.3 Å². The lowest BCUT2D eigenvalue weighted by Gasteiger charge is -2.08. The van der Waals surface area contributed by atoms with Crippen LogP contribution in [0.3, 0.4) is 0 Å². The number of benzene rings is 2. The van der Waals surface area contributed by atoms with E-state index in [1.807, 2.05) is 6.07 Å². The zero-order valence-electron chi connectivity index (χ0n) is 10.8. The maximum Gasteiger partial charge on any atom is 0.261 e. The summed E-state index contributed by atoms with van der Waals surface area (Å²) in [6.45, 7) is 0. The molecule has 20 heavy (non-hydrogen) atoms. The molecule has 2 N–H and O–H groups in total. The van der Waals surface area contributed by atoms with Gasteiger partial charge in [-0.05, 0) is 48.5 Å². The van der Waals surface area contributed by atoms with Crippen LogP contribution in [0.15, 0.2) is 53.4 Å². The molecular formula is C14H13N3O2S. The first-order valence-corrected chi connectivity index (χ1v) is 7.34. The molecule has 0 bridgehead atoms. The number of hydrogen-bond acceptors (Lipinski definition) is 4. The van der Waals surface area contributed by atoms with Crippen molar-refractivity contribution >= 4 is 21.4 Å². The number of nitriles is 1. The molecule has 102 valence electrons. The first kappa shape index (κ1) is 13.9. The zero-order valence-corrected chi connectivity index (χ0v) is 11.6. The average molecular weight is 287 g/mol. The van der Waals surface area contributed by atoms with Gasteiger partial charge in [0.25, 0.3) is 10.0 Å². The second kappa shape index (κ2) is 5.63. The van der Waals surface area contributed by atoms with Crippen molar-refractivity contribution in [1.82, 2.24) is 0 Å². The maximum atomic E-state index is 12.1. The van der Waals surface area contributed by atoms with E-state index in [0.717, 1.165) is 5.69 Å². The van der Waals surface area contributed by atoms with E-state index in [9.17, 15) is 8.42 Å². The highest BCUT2D eigenvalue weighted by atomic mass is 32.2. The van der Waals surface area contributed by atoms with Crippen LogP contribution < -0.4 is 10.0 Å². The minimum Gasteiger partial charge on any atom is -0.388 e. The molecule has 0 unspecified atom stereocenters. The van der Waals surface area contributed by atoms with Gasteiger partial charge < -0.3 is 5.32 Å². The van der Waals surface area contributed by atoms with Crippen LogP contribution in [0.5, 0.6) is 0 Å². The topological polar surface area (TPSA) is 82.0 Å². The van der Waals surface area contributed by atoms with E-state index in [2.05, 4.69) is 10.0 Å². The SMILES string of the molecule is CNc1ccc(NS(=O)(=O)c2ccc(C#N)cc2)cc1. The Morgan fingerprint density at radius 1 is 0.950 bits per heavy atom. The van der Waals surface area contributed by atoms with Crippen LogP contribution in [0.1, 0.15) is 5.56 Å². The first-order chi connectivity index (χ1) is 9.55. The van der Waals surface area contributed by atoms with Gasteiger partial charge in [-0.1, -0.05) is 0 Å². The van der Waals surface area contributed by atoms with Crippen LogP contribution in [-0.2, 0) is 10.0 Å². The van der Waals surface area contributed by atoms with Crippen molar-refractivity contribution in [1.29, 1.82) is 5.26 Å². The summed E-state index contributed by atoms with van der Waals surface area (Å²) in [4.78, 5) is 0.120. The summed E-state index contributed by atoms with van der Waals surface area (Å²) in [6, 6.07) is 14.6. The van der Waals surface area contributed by atoms with Gasteiger partial charge in [-0.2, -0.15) is 5.26 Å². The molecule has 2 aromatic rings. The molecule has 0 aliphatic heterocycles. The summed E-state index contributed by atoms with van der Waals surface area (Å²) < 4.78 is 26.8. The molecule has 0 heterocycles. The minimum absolute atomic E-state index is 0.120. The third-order valence-corrected chi connectivity index (χ3v) is 4.12. The van der Waals surface area contributed by atoms with E-state index in [0.29, 0.717) is 11.3 Å².